The van der Waals surface area contributed by atoms with E-state index >= 15 is 0 Å². The predicted octanol–water partition coefficient (Wildman–Crippen LogP) is 2.68. The highest BCUT2D eigenvalue weighted by Gasteiger charge is 2.20. The second-order valence-corrected chi connectivity index (χ2v) is 5.80. The first-order chi connectivity index (χ1) is 9.69. The Kier molecular flexibility index (Phi) is 5.60. The van der Waals surface area contributed by atoms with E-state index in [1.54, 1.807) is 7.11 Å². The highest BCUT2D eigenvalue weighted by molar-refractivity contribution is 5.78. The van der Waals surface area contributed by atoms with Gasteiger partial charge >= 0.3 is 0 Å². The van der Waals surface area contributed by atoms with Crippen molar-refractivity contribution in [3.05, 3.63) is 35.4 Å². The zero-order valence-corrected chi connectivity index (χ0v) is 12.6. The molecule has 0 unspecified atom stereocenters. The minimum absolute atomic E-state index is 0.265. The molecule has 0 saturated carbocycles. The largest absolute Gasteiger partial charge is 0.384 e. The third-order valence-corrected chi connectivity index (χ3v) is 4.11. The molecule has 0 radical (unpaired) electrons. The lowest BCUT2D eigenvalue weighted by Crippen LogP contribution is -2.38. The quantitative estimate of drug-likeness (QED) is 0.827. The molecule has 0 aliphatic carbocycles. The van der Waals surface area contributed by atoms with Crippen molar-refractivity contribution in [2.75, 3.05) is 26.8 Å². The Labute approximate surface area is 121 Å². The van der Waals surface area contributed by atoms with Crippen molar-refractivity contribution in [3.63, 3.8) is 0 Å². The van der Waals surface area contributed by atoms with Gasteiger partial charge in [0, 0.05) is 20.2 Å². The second-order valence-electron chi connectivity index (χ2n) is 5.80. The van der Waals surface area contributed by atoms with Crippen LogP contribution in [0.2, 0.25) is 0 Å². The van der Waals surface area contributed by atoms with E-state index in [0.29, 0.717) is 6.42 Å². The van der Waals surface area contributed by atoms with Crippen LogP contribution in [0.4, 0.5) is 0 Å². The maximum absolute atomic E-state index is 12.2. The van der Waals surface area contributed by atoms with E-state index in [-0.39, 0.29) is 5.91 Å². The number of hydrogen-bond donors (Lipinski definition) is 0. The van der Waals surface area contributed by atoms with Crippen LogP contribution >= 0.6 is 0 Å². The van der Waals surface area contributed by atoms with Crippen LogP contribution in [-0.4, -0.2) is 37.6 Å². The first-order valence-electron chi connectivity index (χ1n) is 7.53. The molecule has 0 N–H and O–H groups in total. The maximum Gasteiger partial charge on any atom is 0.226 e. The summed E-state index contributed by atoms with van der Waals surface area (Å²) in [5.74, 6) is 1.03. The van der Waals surface area contributed by atoms with E-state index in [0.717, 1.165) is 50.4 Å². The Morgan fingerprint density at radius 3 is 2.40 bits per heavy atom. The molecule has 20 heavy (non-hydrogen) atoms. The van der Waals surface area contributed by atoms with Crippen molar-refractivity contribution in [3.8, 4) is 0 Å². The fraction of sp³-hybridized carbons (Fsp3) is 0.588. The minimum Gasteiger partial charge on any atom is -0.384 e. The van der Waals surface area contributed by atoms with Gasteiger partial charge in [-0.25, -0.2) is 0 Å². The summed E-state index contributed by atoms with van der Waals surface area (Å²) < 4.78 is 5.07. The molecule has 1 heterocycles. The summed E-state index contributed by atoms with van der Waals surface area (Å²) in [6.07, 6.45) is 3.73. The Bertz CT molecular complexity index is 419. The van der Waals surface area contributed by atoms with Crippen molar-refractivity contribution < 1.29 is 9.53 Å². The van der Waals surface area contributed by atoms with E-state index in [4.69, 9.17) is 4.74 Å². The molecule has 0 atom stereocenters. The van der Waals surface area contributed by atoms with Crippen LogP contribution in [-0.2, 0) is 22.4 Å². The smallest absolute Gasteiger partial charge is 0.226 e. The highest BCUT2D eigenvalue weighted by atomic mass is 16.5. The molecule has 1 saturated heterocycles. The first kappa shape index (κ1) is 15.0. The lowest BCUT2D eigenvalue weighted by molar-refractivity contribution is -0.131. The number of benzene rings is 1. The molecule has 1 aliphatic heterocycles. The third kappa shape index (κ3) is 4.34. The number of carbonyl (C=O) groups excluding carboxylic acids is 1. The molecule has 0 bridgehead atoms. The van der Waals surface area contributed by atoms with Gasteiger partial charge in [0.05, 0.1) is 13.0 Å². The van der Waals surface area contributed by atoms with Gasteiger partial charge in [0.1, 0.15) is 0 Å². The molecule has 1 fully saturated rings. The number of nitrogens with zero attached hydrogens (tertiary/aromatic N) is 1. The molecular weight excluding hydrogens is 250 g/mol. The van der Waals surface area contributed by atoms with Gasteiger partial charge in [-0.15, -0.1) is 0 Å². The van der Waals surface area contributed by atoms with E-state index < -0.39 is 0 Å². The van der Waals surface area contributed by atoms with Crippen molar-refractivity contribution in [1.82, 2.24) is 4.90 Å². The van der Waals surface area contributed by atoms with Gasteiger partial charge in [-0.1, -0.05) is 31.2 Å². The molecule has 1 aliphatic rings. The Hall–Kier alpha value is -1.35. The van der Waals surface area contributed by atoms with Crippen molar-refractivity contribution >= 4 is 5.91 Å². The summed E-state index contributed by atoms with van der Waals surface area (Å²) in [6.45, 7) is 4.85. The average molecular weight is 275 g/mol. The summed E-state index contributed by atoms with van der Waals surface area (Å²) in [5.41, 5.74) is 2.37. The van der Waals surface area contributed by atoms with Gasteiger partial charge in [0.2, 0.25) is 5.91 Å². The van der Waals surface area contributed by atoms with Crippen molar-refractivity contribution in [2.24, 2.45) is 5.92 Å². The maximum atomic E-state index is 12.2. The van der Waals surface area contributed by atoms with Crippen LogP contribution in [0.15, 0.2) is 24.3 Å². The number of ether oxygens (including phenoxy) is 1. The van der Waals surface area contributed by atoms with Gasteiger partial charge in [0.15, 0.2) is 0 Å². The number of hydrogen-bond acceptors (Lipinski definition) is 2. The number of methoxy groups -OCH3 is 1. The number of amides is 1. The molecule has 3 heteroatoms. The molecule has 1 aromatic carbocycles. The monoisotopic (exact) mass is 275 g/mol. The predicted molar refractivity (Wildman–Crippen MR) is 80.7 cm³/mol. The van der Waals surface area contributed by atoms with Crippen LogP contribution in [0.3, 0.4) is 0 Å². The number of carbonyl (C=O) groups is 1. The van der Waals surface area contributed by atoms with Gasteiger partial charge in [0.25, 0.3) is 0 Å². The van der Waals surface area contributed by atoms with Crippen LogP contribution in [0, 0.1) is 5.92 Å². The Morgan fingerprint density at radius 1 is 1.20 bits per heavy atom. The molecule has 110 valence electrons. The zero-order valence-electron chi connectivity index (χ0n) is 12.6. The van der Waals surface area contributed by atoms with E-state index in [1.165, 1.54) is 5.56 Å². The minimum atomic E-state index is 0.265. The van der Waals surface area contributed by atoms with Crippen LogP contribution < -0.4 is 0 Å². The topological polar surface area (TPSA) is 29.5 Å². The first-order valence-corrected chi connectivity index (χ1v) is 7.53. The molecule has 0 spiro atoms. The summed E-state index contributed by atoms with van der Waals surface area (Å²) in [5, 5.41) is 0. The van der Waals surface area contributed by atoms with E-state index in [9.17, 15) is 4.79 Å². The van der Waals surface area contributed by atoms with E-state index in [1.807, 2.05) is 4.90 Å². The SMILES string of the molecule is COCCc1ccc(CC(=O)N2CCC(C)CC2)cc1. The van der Waals surface area contributed by atoms with Gasteiger partial charge in [-0.05, 0) is 36.3 Å². The molecule has 2 rings (SSSR count). The number of likely N-dealkylation sites (tertiary alicyclic amines) is 1. The Morgan fingerprint density at radius 2 is 1.80 bits per heavy atom. The van der Waals surface area contributed by atoms with Crippen LogP contribution in [0.5, 0.6) is 0 Å². The fourth-order valence-corrected chi connectivity index (χ4v) is 2.59. The molecule has 3 nitrogen and oxygen atoms in total. The summed E-state index contributed by atoms with van der Waals surface area (Å²) in [4.78, 5) is 14.2. The average Bonchev–Trinajstić information content (AvgIpc) is 2.47. The summed E-state index contributed by atoms with van der Waals surface area (Å²) in [7, 11) is 1.71. The lowest BCUT2D eigenvalue weighted by Gasteiger charge is -2.30. The standard InChI is InChI=1S/C17H25NO2/c1-14-7-10-18(11-8-14)17(19)13-16-5-3-15(4-6-16)9-12-20-2/h3-6,14H,7-13H2,1-2H3. The fourth-order valence-electron chi connectivity index (χ4n) is 2.59. The normalized spacial score (nSPS) is 16.4. The van der Waals surface area contributed by atoms with Crippen LogP contribution in [0.1, 0.15) is 30.9 Å². The zero-order chi connectivity index (χ0) is 14.4. The number of rotatable bonds is 5. The van der Waals surface area contributed by atoms with Crippen molar-refractivity contribution in [2.45, 2.75) is 32.6 Å². The van der Waals surface area contributed by atoms with Crippen molar-refractivity contribution in [1.29, 1.82) is 0 Å². The molecule has 1 aromatic rings. The third-order valence-electron chi connectivity index (χ3n) is 4.11. The molecular formula is C17H25NO2. The second kappa shape index (κ2) is 7.44. The van der Waals surface area contributed by atoms with E-state index in [2.05, 4.69) is 31.2 Å². The summed E-state index contributed by atoms with van der Waals surface area (Å²) in [6, 6.07) is 8.32. The Balaban J connectivity index is 1.84. The van der Waals surface area contributed by atoms with Gasteiger partial charge in [-0.2, -0.15) is 0 Å². The van der Waals surface area contributed by atoms with Gasteiger partial charge in [-0.3, -0.25) is 4.79 Å². The summed E-state index contributed by atoms with van der Waals surface area (Å²) >= 11 is 0. The van der Waals surface area contributed by atoms with Gasteiger partial charge < -0.3 is 9.64 Å². The van der Waals surface area contributed by atoms with Crippen LogP contribution in [0.25, 0.3) is 0 Å². The molecule has 1 amide bonds. The lowest BCUT2D eigenvalue weighted by atomic mass is 9.98. The molecule has 0 aromatic heterocycles. The highest BCUT2D eigenvalue weighted by Crippen LogP contribution is 2.17. The number of piperidine rings is 1.